The average molecular weight is 369 g/mol. The topological polar surface area (TPSA) is 82.5 Å². The zero-order valence-electron chi connectivity index (χ0n) is 15.2. The Kier molecular flexibility index (Phi) is 9.32. The molecule has 6 nitrogen and oxygen atoms in total. The third-order valence-electron chi connectivity index (χ3n) is 3.46. The van der Waals surface area contributed by atoms with Gasteiger partial charge in [-0.25, -0.2) is 0 Å². The predicted octanol–water partition coefficient (Wildman–Crippen LogP) is 2.88. The monoisotopic (exact) mass is 369 g/mol. The fourth-order valence-corrected chi connectivity index (χ4v) is 2.15. The van der Waals surface area contributed by atoms with E-state index in [1.54, 1.807) is 38.0 Å². The van der Waals surface area contributed by atoms with Crippen LogP contribution < -0.4 is 5.73 Å². The first-order valence-electron chi connectivity index (χ1n) is 7.95. The zero-order valence-corrected chi connectivity index (χ0v) is 15.2. The summed E-state index contributed by atoms with van der Waals surface area (Å²) in [5, 5.41) is 13.2. The maximum Gasteiger partial charge on any atom is 0.387 e. The Morgan fingerprint density at radius 2 is 2.15 bits per heavy atom. The summed E-state index contributed by atoms with van der Waals surface area (Å²) in [6.07, 6.45) is 9.51. The maximum atomic E-state index is 12.4. The molecule has 0 atom stereocenters. The molecule has 0 aromatic carbocycles. The summed E-state index contributed by atoms with van der Waals surface area (Å²) in [5.41, 5.74) is 8.61. The molecule has 1 heterocycles. The highest BCUT2D eigenvalue weighted by Gasteiger charge is 2.08. The number of alkyl halides is 2. The van der Waals surface area contributed by atoms with Crippen LogP contribution >= 0.6 is 0 Å². The lowest BCUT2D eigenvalue weighted by molar-refractivity contribution is -0.0922. The fourth-order valence-electron chi connectivity index (χ4n) is 2.15. The first kappa shape index (κ1) is 21.6. The van der Waals surface area contributed by atoms with Gasteiger partial charge in [-0.2, -0.15) is 13.9 Å². The van der Waals surface area contributed by atoms with Crippen LogP contribution in [0.3, 0.4) is 0 Å². The molecule has 0 aliphatic heterocycles. The minimum Gasteiger partial charge on any atom is -0.435 e. The highest BCUT2D eigenvalue weighted by Crippen LogP contribution is 2.18. The molecule has 26 heavy (non-hydrogen) atoms. The number of aliphatic hydroxyl groups excluding tert-OH is 1. The van der Waals surface area contributed by atoms with Crippen molar-refractivity contribution in [2.45, 2.75) is 33.6 Å². The Hall–Kier alpha value is -2.45. The van der Waals surface area contributed by atoms with Gasteiger partial charge >= 0.3 is 6.61 Å². The Bertz CT molecular complexity index is 692. The third kappa shape index (κ3) is 7.20. The molecule has 0 amide bonds. The standard InChI is InChI=1S/C18H25F2N3O3/c1-4-17(26-18(19)20)5-13(2)16(12-25-3)6-14(7-21)9-23-10-15(11-24)8-22-23/h4-8,10,18,24H,9,11-12,21H2,1-3H3/b13-5+,14-7+,16-6+,17-4+. The van der Waals surface area contributed by atoms with Crippen molar-refractivity contribution in [1.29, 1.82) is 0 Å². The van der Waals surface area contributed by atoms with E-state index in [-0.39, 0.29) is 19.0 Å². The van der Waals surface area contributed by atoms with Crippen molar-refractivity contribution in [2.24, 2.45) is 5.73 Å². The molecule has 3 N–H and O–H groups in total. The SMILES string of the molecule is C\C=C(/C=C(C)/C(=C/C(=C\N)Cn1cc(CO)cn1)COC)OC(F)F. The van der Waals surface area contributed by atoms with E-state index >= 15 is 0 Å². The van der Waals surface area contributed by atoms with Gasteiger partial charge in [0.2, 0.25) is 0 Å². The van der Waals surface area contributed by atoms with Crippen molar-refractivity contribution in [1.82, 2.24) is 9.78 Å². The van der Waals surface area contributed by atoms with E-state index in [0.717, 1.165) is 11.1 Å². The number of nitrogens with two attached hydrogens (primary N) is 1. The summed E-state index contributed by atoms with van der Waals surface area (Å²) in [5.74, 6) is 0.0671. The summed E-state index contributed by atoms with van der Waals surface area (Å²) < 4.78 is 36.1. The van der Waals surface area contributed by atoms with E-state index in [0.29, 0.717) is 17.7 Å². The van der Waals surface area contributed by atoms with Gasteiger partial charge in [-0.1, -0.05) is 0 Å². The Morgan fingerprint density at radius 1 is 1.42 bits per heavy atom. The second-order valence-electron chi connectivity index (χ2n) is 5.45. The van der Waals surface area contributed by atoms with Gasteiger partial charge in [0.1, 0.15) is 5.76 Å². The van der Waals surface area contributed by atoms with Gasteiger partial charge in [0, 0.05) is 18.9 Å². The summed E-state index contributed by atoms with van der Waals surface area (Å²) in [6.45, 7) is 1.07. The number of allylic oxidation sites excluding steroid dienone is 4. The second-order valence-corrected chi connectivity index (χ2v) is 5.45. The van der Waals surface area contributed by atoms with E-state index in [2.05, 4.69) is 9.84 Å². The number of aliphatic hydroxyl groups is 1. The molecular weight excluding hydrogens is 344 g/mol. The van der Waals surface area contributed by atoms with Crippen molar-refractivity contribution >= 4 is 0 Å². The van der Waals surface area contributed by atoms with Crippen molar-refractivity contribution in [3.05, 3.63) is 64.9 Å². The Labute approximate surface area is 151 Å². The molecule has 0 fully saturated rings. The van der Waals surface area contributed by atoms with Crippen molar-refractivity contribution in [3.8, 4) is 0 Å². The molecule has 1 rings (SSSR count). The molecule has 144 valence electrons. The molecule has 0 radical (unpaired) electrons. The average Bonchev–Trinajstić information content (AvgIpc) is 3.07. The number of aromatic nitrogens is 2. The lowest BCUT2D eigenvalue weighted by atomic mass is 10.0. The number of methoxy groups -OCH3 is 1. The van der Waals surface area contributed by atoms with Crippen LogP contribution in [-0.4, -0.2) is 35.2 Å². The van der Waals surface area contributed by atoms with Crippen LogP contribution in [-0.2, 0) is 22.6 Å². The largest absolute Gasteiger partial charge is 0.435 e. The highest BCUT2D eigenvalue weighted by atomic mass is 19.3. The molecule has 0 saturated carbocycles. The number of hydrogen-bond acceptors (Lipinski definition) is 5. The van der Waals surface area contributed by atoms with Crippen LogP contribution in [0.1, 0.15) is 19.4 Å². The van der Waals surface area contributed by atoms with Gasteiger partial charge in [0.05, 0.1) is 26.0 Å². The van der Waals surface area contributed by atoms with Crippen LogP contribution in [0.2, 0.25) is 0 Å². The predicted molar refractivity (Wildman–Crippen MR) is 95.0 cm³/mol. The summed E-state index contributed by atoms with van der Waals surface area (Å²) in [7, 11) is 1.54. The quantitative estimate of drug-likeness (QED) is 0.489. The first-order valence-corrected chi connectivity index (χ1v) is 7.95. The molecule has 0 saturated heterocycles. The van der Waals surface area contributed by atoms with E-state index in [1.807, 2.05) is 6.08 Å². The minimum atomic E-state index is -2.89. The van der Waals surface area contributed by atoms with Gasteiger partial charge < -0.3 is 20.3 Å². The number of rotatable bonds is 10. The lowest BCUT2D eigenvalue weighted by Crippen LogP contribution is -2.05. The summed E-state index contributed by atoms with van der Waals surface area (Å²) in [6, 6.07) is 0. The molecule has 0 aliphatic rings. The van der Waals surface area contributed by atoms with Gasteiger partial charge in [0.25, 0.3) is 0 Å². The van der Waals surface area contributed by atoms with Crippen LogP contribution in [0.5, 0.6) is 0 Å². The van der Waals surface area contributed by atoms with Crippen LogP contribution in [0, 0.1) is 0 Å². The molecular formula is C18H25F2N3O3. The van der Waals surface area contributed by atoms with Gasteiger partial charge in [-0.15, -0.1) is 0 Å². The van der Waals surface area contributed by atoms with E-state index in [9.17, 15) is 8.78 Å². The number of nitrogens with zero attached hydrogens (tertiary/aromatic N) is 2. The van der Waals surface area contributed by atoms with Crippen molar-refractivity contribution in [3.63, 3.8) is 0 Å². The van der Waals surface area contributed by atoms with Crippen molar-refractivity contribution in [2.75, 3.05) is 13.7 Å². The summed E-state index contributed by atoms with van der Waals surface area (Å²) in [4.78, 5) is 0. The number of hydrogen-bond donors (Lipinski definition) is 2. The smallest absolute Gasteiger partial charge is 0.387 e. The van der Waals surface area contributed by atoms with Gasteiger partial charge in [0.15, 0.2) is 0 Å². The van der Waals surface area contributed by atoms with Gasteiger partial charge in [-0.3, -0.25) is 4.68 Å². The number of ether oxygens (including phenoxy) is 2. The third-order valence-corrected chi connectivity index (χ3v) is 3.46. The highest BCUT2D eigenvalue weighted by molar-refractivity contribution is 5.39. The van der Waals surface area contributed by atoms with Gasteiger partial charge in [-0.05, 0) is 55.0 Å². The normalized spacial score (nSPS) is 14.3. The van der Waals surface area contributed by atoms with E-state index in [4.69, 9.17) is 15.6 Å². The zero-order chi connectivity index (χ0) is 19.5. The molecule has 0 unspecified atom stereocenters. The van der Waals surface area contributed by atoms with E-state index < -0.39 is 6.61 Å². The Morgan fingerprint density at radius 3 is 2.65 bits per heavy atom. The first-order chi connectivity index (χ1) is 12.4. The molecule has 0 spiro atoms. The molecule has 1 aromatic rings. The van der Waals surface area contributed by atoms with Crippen LogP contribution in [0.25, 0.3) is 0 Å². The fraction of sp³-hybridized carbons (Fsp3) is 0.389. The lowest BCUT2D eigenvalue weighted by Gasteiger charge is -2.11. The second kappa shape index (κ2) is 11.2. The van der Waals surface area contributed by atoms with E-state index in [1.165, 1.54) is 18.4 Å². The maximum absolute atomic E-state index is 12.4. The van der Waals surface area contributed by atoms with Crippen LogP contribution in [0.4, 0.5) is 8.78 Å². The minimum absolute atomic E-state index is 0.0671. The Balaban J connectivity index is 3.03. The molecule has 1 aromatic heterocycles. The molecule has 8 heteroatoms. The molecule has 0 bridgehead atoms. The number of halogens is 2. The summed E-state index contributed by atoms with van der Waals surface area (Å²) >= 11 is 0. The van der Waals surface area contributed by atoms with Crippen molar-refractivity contribution < 1.29 is 23.4 Å². The molecule has 0 aliphatic carbocycles. The van der Waals surface area contributed by atoms with Crippen LogP contribution in [0.15, 0.2) is 59.3 Å².